The Labute approximate surface area is 63.7 Å². The van der Waals surface area contributed by atoms with Gasteiger partial charge in [0.15, 0.2) is 0 Å². The maximum absolute atomic E-state index is 4.61. The van der Waals surface area contributed by atoms with Crippen molar-refractivity contribution in [2.45, 2.75) is 13.0 Å². The molecule has 3 nitrogen and oxygen atoms in total. The Kier molecular flexibility index (Phi) is 2.31. The SMILES string of the molecule is C[C@H](N=C=S)c1ccon1. The summed E-state index contributed by atoms with van der Waals surface area (Å²) in [7, 11) is 0. The normalized spacial score (nSPS) is 12.1. The smallest absolute Gasteiger partial charge is 0.124 e. The van der Waals surface area contributed by atoms with E-state index in [4.69, 9.17) is 0 Å². The van der Waals surface area contributed by atoms with Crippen LogP contribution in [0.1, 0.15) is 18.7 Å². The first-order valence-electron chi connectivity index (χ1n) is 2.82. The molecule has 0 saturated carbocycles. The highest BCUT2D eigenvalue weighted by Crippen LogP contribution is 2.11. The van der Waals surface area contributed by atoms with Crippen LogP contribution in [-0.2, 0) is 0 Å². The fraction of sp³-hybridized carbons (Fsp3) is 0.333. The molecule has 0 aromatic carbocycles. The average Bonchev–Trinajstić information content (AvgIpc) is 2.38. The monoisotopic (exact) mass is 154 g/mol. The Morgan fingerprint density at radius 1 is 1.90 bits per heavy atom. The third-order valence-electron chi connectivity index (χ3n) is 1.13. The first-order chi connectivity index (χ1) is 4.84. The summed E-state index contributed by atoms with van der Waals surface area (Å²) in [5.41, 5.74) is 0.775. The zero-order valence-corrected chi connectivity index (χ0v) is 6.26. The molecular weight excluding hydrogens is 148 g/mol. The predicted octanol–water partition coefficient (Wildman–Crippen LogP) is 1.84. The van der Waals surface area contributed by atoms with Crippen LogP contribution in [0.4, 0.5) is 0 Å². The molecule has 10 heavy (non-hydrogen) atoms. The van der Waals surface area contributed by atoms with Gasteiger partial charge in [0.25, 0.3) is 0 Å². The van der Waals surface area contributed by atoms with Crippen molar-refractivity contribution in [3.8, 4) is 0 Å². The number of isothiocyanates is 1. The van der Waals surface area contributed by atoms with Crippen molar-refractivity contribution in [3.05, 3.63) is 18.0 Å². The maximum Gasteiger partial charge on any atom is 0.124 e. The lowest BCUT2D eigenvalue weighted by molar-refractivity contribution is 0.407. The summed E-state index contributed by atoms with van der Waals surface area (Å²) in [5.74, 6) is 0. The molecule has 0 bridgehead atoms. The number of hydrogen-bond acceptors (Lipinski definition) is 4. The lowest BCUT2D eigenvalue weighted by atomic mass is 10.2. The highest BCUT2D eigenvalue weighted by molar-refractivity contribution is 7.78. The van der Waals surface area contributed by atoms with Crippen LogP contribution >= 0.6 is 12.2 Å². The van der Waals surface area contributed by atoms with Gasteiger partial charge < -0.3 is 4.52 Å². The first kappa shape index (κ1) is 7.12. The zero-order valence-electron chi connectivity index (χ0n) is 5.44. The number of hydrogen-bond donors (Lipinski definition) is 0. The van der Waals surface area contributed by atoms with Gasteiger partial charge in [0.1, 0.15) is 18.0 Å². The van der Waals surface area contributed by atoms with Crippen molar-refractivity contribution in [3.63, 3.8) is 0 Å². The third-order valence-corrected chi connectivity index (χ3v) is 1.24. The van der Waals surface area contributed by atoms with Gasteiger partial charge in [-0.2, -0.15) is 0 Å². The molecule has 52 valence electrons. The van der Waals surface area contributed by atoms with E-state index in [-0.39, 0.29) is 6.04 Å². The topological polar surface area (TPSA) is 38.4 Å². The number of rotatable bonds is 2. The molecule has 1 rings (SSSR count). The molecule has 0 aliphatic rings. The van der Waals surface area contributed by atoms with Crippen LogP contribution in [0.25, 0.3) is 0 Å². The minimum absolute atomic E-state index is 0.0451. The minimum Gasteiger partial charge on any atom is -0.364 e. The first-order valence-corrected chi connectivity index (χ1v) is 3.22. The number of nitrogens with zero attached hydrogens (tertiary/aromatic N) is 2. The van der Waals surface area contributed by atoms with Crippen LogP contribution in [0.15, 0.2) is 21.8 Å². The molecule has 1 atom stereocenters. The Bertz CT molecular complexity index is 238. The van der Waals surface area contributed by atoms with Crippen LogP contribution in [-0.4, -0.2) is 10.3 Å². The summed E-state index contributed by atoms with van der Waals surface area (Å²) in [6.45, 7) is 1.87. The quantitative estimate of drug-likeness (QED) is 0.482. The molecule has 0 fully saturated rings. The summed E-state index contributed by atoms with van der Waals surface area (Å²) in [6, 6.07) is 1.71. The van der Waals surface area contributed by atoms with Crippen molar-refractivity contribution in [1.82, 2.24) is 5.16 Å². The molecule has 1 aromatic heterocycles. The second-order valence-corrected chi connectivity index (χ2v) is 2.00. The predicted molar refractivity (Wildman–Crippen MR) is 39.9 cm³/mol. The number of thiocarbonyl (C=S) groups is 1. The second kappa shape index (κ2) is 3.25. The highest BCUT2D eigenvalue weighted by atomic mass is 32.1. The van der Waals surface area contributed by atoms with Crippen molar-refractivity contribution in [2.24, 2.45) is 4.99 Å². The van der Waals surface area contributed by atoms with Crippen molar-refractivity contribution in [1.29, 1.82) is 0 Å². The molecule has 0 radical (unpaired) electrons. The molecule has 0 unspecified atom stereocenters. The van der Waals surface area contributed by atoms with E-state index in [2.05, 4.69) is 32.1 Å². The van der Waals surface area contributed by atoms with Crippen LogP contribution < -0.4 is 0 Å². The summed E-state index contributed by atoms with van der Waals surface area (Å²) in [5, 5.41) is 5.96. The Morgan fingerprint density at radius 3 is 3.20 bits per heavy atom. The lowest BCUT2D eigenvalue weighted by Gasteiger charge is -1.94. The van der Waals surface area contributed by atoms with Crippen LogP contribution in [0, 0.1) is 0 Å². The molecule has 0 aliphatic carbocycles. The van der Waals surface area contributed by atoms with Crippen molar-refractivity contribution in [2.75, 3.05) is 0 Å². The number of aliphatic imine (C=N–C) groups is 1. The molecular formula is C6H6N2OS. The Hall–Kier alpha value is -0.990. The maximum atomic E-state index is 4.61. The van der Waals surface area contributed by atoms with Gasteiger partial charge in [0.2, 0.25) is 0 Å². The van der Waals surface area contributed by atoms with E-state index in [9.17, 15) is 0 Å². The van der Waals surface area contributed by atoms with Crippen LogP contribution in [0.3, 0.4) is 0 Å². The van der Waals surface area contributed by atoms with Gasteiger partial charge in [-0.3, -0.25) is 0 Å². The highest BCUT2D eigenvalue weighted by Gasteiger charge is 2.04. The van der Waals surface area contributed by atoms with Gasteiger partial charge in [-0.1, -0.05) is 5.16 Å². The lowest BCUT2D eigenvalue weighted by Crippen LogP contribution is -1.87. The van der Waals surface area contributed by atoms with E-state index >= 15 is 0 Å². The summed E-state index contributed by atoms with van der Waals surface area (Å²) in [4.78, 5) is 3.81. The van der Waals surface area contributed by atoms with E-state index < -0.39 is 0 Å². The number of aromatic nitrogens is 1. The van der Waals surface area contributed by atoms with Crippen LogP contribution in [0.5, 0.6) is 0 Å². The van der Waals surface area contributed by atoms with Gasteiger partial charge in [-0.15, -0.1) is 0 Å². The standard InChI is InChI=1S/C6H6N2OS/c1-5(7-4-10)6-2-3-9-8-6/h2-3,5H,1H3/t5-/m0/s1. The molecule has 0 N–H and O–H groups in total. The van der Waals surface area contributed by atoms with Gasteiger partial charge in [0, 0.05) is 6.07 Å². The van der Waals surface area contributed by atoms with E-state index in [1.165, 1.54) is 6.26 Å². The van der Waals surface area contributed by atoms with E-state index in [0.29, 0.717) is 0 Å². The summed E-state index contributed by atoms with van der Waals surface area (Å²) in [6.07, 6.45) is 1.50. The van der Waals surface area contributed by atoms with Gasteiger partial charge >= 0.3 is 0 Å². The second-order valence-electron chi connectivity index (χ2n) is 1.82. The zero-order chi connectivity index (χ0) is 7.40. The molecule has 1 heterocycles. The summed E-state index contributed by atoms with van der Waals surface area (Å²) >= 11 is 4.43. The molecule has 0 saturated heterocycles. The van der Waals surface area contributed by atoms with E-state index in [1.54, 1.807) is 6.07 Å². The Morgan fingerprint density at radius 2 is 2.70 bits per heavy atom. The fourth-order valence-corrected chi connectivity index (χ4v) is 0.741. The third kappa shape index (κ3) is 1.50. The Balaban J connectivity index is 2.76. The van der Waals surface area contributed by atoms with Crippen LogP contribution in [0.2, 0.25) is 0 Å². The molecule has 0 amide bonds. The van der Waals surface area contributed by atoms with Gasteiger partial charge in [0.05, 0.1) is 5.16 Å². The fourth-order valence-electron chi connectivity index (χ4n) is 0.583. The molecule has 4 heteroatoms. The largest absolute Gasteiger partial charge is 0.364 e. The van der Waals surface area contributed by atoms with E-state index in [1.807, 2.05) is 6.92 Å². The van der Waals surface area contributed by atoms with Gasteiger partial charge in [-0.25, -0.2) is 4.99 Å². The average molecular weight is 154 g/mol. The van der Waals surface area contributed by atoms with Crippen molar-refractivity contribution < 1.29 is 4.52 Å². The summed E-state index contributed by atoms with van der Waals surface area (Å²) < 4.78 is 4.61. The molecule has 0 spiro atoms. The van der Waals surface area contributed by atoms with Crippen molar-refractivity contribution >= 4 is 17.4 Å². The van der Waals surface area contributed by atoms with E-state index in [0.717, 1.165) is 5.69 Å². The molecule has 0 aliphatic heterocycles. The molecule has 1 aromatic rings. The minimum atomic E-state index is -0.0451. The van der Waals surface area contributed by atoms with Gasteiger partial charge in [-0.05, 0) is 19.1 Å².